The molecule has 0 saturated heterocycles. The molecule has 0 fully saturated rings. The zero-order valence-corrected chi connectivity index (χ0v) is 20.8. The number of carbonyl (C=O) groups is 2. The number of esters is 2. The number of rotatable bonds is 10. The smallest absolute Gasteiger partial charge is 0.418 e. The quantitative estimate of drug-likeness (QED) is 0.273. The standard InChI is InChI=1S/C23H26ClF5N2O5/c1-5-36-22(33)18-15(11-35-9-8-31(2)3)30-14(10-25)17(21(32)34-4)19(18)16-13(26)7-6-12(24)20(16)23(27,28)29/h6-7,19,30H,5,8-11H2,1-4H3. The van der Waals surface area contributed by atoms with Gasteiger partial charge in [0.15, 0.2) is 0 Å². The van der Waals surface area contributed by atoms with Crippen molar-refractivity contribution in [2.24, 2.45) is 0 Å². The minimum Gasteiger partial charge on any atom is -0.466 e. The van der Waals surface area contributed by atoms with E-state index in [0.717, 1.165) is 7.11 Å². The molecule has 1 aliphatic heterocycles. The number of nitrogens with one attached hydrogen (secondary N) is 1. The van der Waals surface area contributed by atoms with Crippen molar-refractivity contribution in [1.82, 2.24) is 10.2 Å². The highest BCUT2D eigenvalue weighted by Crippen LogP contribution is 2.48. The van der Waals surface area contributed by atoms with Crippen molar-refractivity contribution in [3.8, 4) is 0 Å². The van der Waals surface area contributed by atoms with Crippen molar-refractivity contribution in [3.05, 3.63) is 56.6 Å². The molecule has 200 valence electrons. The Hall–Kier alpha value is -2.70. The molecule has 0 radical (unpaired) electrons. The van der Waals surface area contributed by atoms with Gasteiger partial charge in [0.05, 0.1) is 66.0 Å². The van der Waals surface area contributed by atoms with Crippen molar-refractivity contribution < 1.29 is 45.8 Å². The number of allylic oxidation sites excluding steroid dienone is 1. The van der Waals surface area contributed by atoms with Gasteiger partial charge in [0, 0.05) is 12.1 Å². The monoisotopic (exact) mass is 540 g/mol. The molecule has 0 spiro atoms. The third-order valence-corrected chi connectivity index (χ3v) is 5.52. The maximum absolute atomic E-state index is 15.2. The lowest BCUT2D eigenvalue weighted by molar-refractivity contribution is -0.141. The van der Waals surface area contributed by atoms with Crippen LogP contribution in [0.1, 0.15) is 24.0 Å². The maximum Gasteiger partial charge on any atom is 0.418 e. The van der Waals surface area contributed by atoms with Gasteiger partial charge in [-0.2, -0.15) is 13.2 Å². The highest BCUT2D eigenvalue weighted by molar-refractivity contribution is 6.31. The molecular formula is C23H26ClF5N2O5. The summed E-state index contributed by atoms with van der Waals surface area (Å²) in [6, 6.07) is 1.36. The fourth-order valence-electron chi connectivity index (χ4n) is 3.68. The van der Waals surface area contributed by atoms with Crippen LogP contribution in [0, 0.1) is 5.82 Å². The summed E-state index contributed by atoms with van der Waals surface area (Å²) in [5.41, 5.74) is -4.76. The number of alkyl halides is 4. The molecule has 0 bridgehead atoms. The normalized spacial score (nSPS) is 16.4. The van der Waals surface area contributed by atoms with E-state index in [4.69, 9.17) is 21.1 Å². The van der Waals surface area contributed by atoms with E-state index < -0.39 is 76.1 Å². The van der Waals surface area contributed by atoms with Gasteiger partial charge in [0.1, 0.15) is 12.5 Å². The second kappa shape index (κ2) is 12.5. The minimum absolute atomic E-state index is 0.136. The van der Waals surface area contributed by atoms with Gasteiger partial charge in [-0.3, -0.25) is 0 Å². The summed E-state index contributed by atoms with van der Waals surface area (Å²) < 4.78 is 86.8. The van der Waals surface area contributed by atoms with Crippen LogP contribution in [0.2, 0.25) is 5.02 Å². The Labute approximate surface area is 209 Å². The number of ether oxygens (including phenoxy) is 3. The Morgan fingerprint density at radius 2 is 1.78 bits per heavy atom. The highest BCUT2D eigenvalue weighted by Gasteiger charge is 2.47. The van der Waals surface area contributed by atoms with Gasteiger partial charge in [0.2, 0.25) is 0 Å². The number of hydrogen-bond donors (Lipinski definition) is 1. The summed E-state index contributed by atoms with van der Waals surface area (Å²) in [6.45, 7) is 0.0632. The number of carbonyl (C=O) groups excluding carboxylic acids is 2. The summed E-state index contributed by atoms with van der Waals surface area (Å²) in [4.78, 5) is 27.6. The Morgan fingerprint density at radius 1 is 1.14 bits per heavy atom. The molecule has 1 aromatic carbocycles. The Morgan fingerprint density at radius 3 is 2.31 bits per heavy atom. The van der Waals surface area contributed by atoms with E-state index in [1.165, 1.54) is 6.92 Å². The van der Waals surface area contributed by atoms with Gasteiger partial charge >= 0.3 is 18.1 Å². The molecule has 1 heterocycles. The largest absolute Gasteiger partial charge is 0.466 e. The van der Waals surface area contributed by atoms with Crippen molar-refractivity contribution in [3.63, 3.8) is 0 Å². The fraction of sp³-hybridized carbons (Fsp3) is 0.478. The molecule has 1 aromatic rings. The first-order chi connectivity index (χ1) is 16.9. The average Bonchev–Trinajstić information content (AvgIpc) is 2.80. The zero-order chi connectivity index (χ0) is 27.2. The van der Waals surface area contributed by atoms with E-state index in [1.807, 2.05) is 0 Å². The molecule has 2 rings (SSSR count). The van der Waals surface area contributed by atoms with Gasteiger partial charge < -0.3 is 24.4 Å². The molecule has 1 atom stereocenters. The zero-order valence-electron chi connectivity index (χ0n) is 20.0. The van der Waals surface area contributed by atoms with Crippen LogP contribution in [0.4, 0.5) is 22.0 Å². The topological polar surface area (TPSA) is 77.1 Å². The third kappa shape index (κ3) is 6.54. The van der Waals surface area contributed by atoms with Crippen LogP contribution >= 0.6 is 11.6 Å². The number of likely N-dealkylation sites (N-methyl/N-ethyl adjacent to an activating group) is 1. The third-order valence-electron chi connectivity index (χ3n) is 5.21. The summed E-state index contributed by atoms with van der Waals surface area (Å²) in [5, 5.41) is 1.67. The number of hydrogen-bond acceptors (Lipinski definition) is 7. The van der Waals surface area contributed by atoms with E-state index in [1.54, 1.807) is 19.0 Å². The molecule has 1 N–H and O–H groups in total. The minimum atomic E-state index is -5.20. The van der Waals surface area contributed by atoms with Crippen LogP contribution in [-0.4, -0.2) is 71.1 Å². The van der Waals surface area contributed by atoms with Gasteiger partial charge in [-0.05, 0) is 33.2 Å². The second-order valence-electron chi connectivity index (χ2n) is 7.86. The number of dihydropyridines is 1. The fourth-order valence-corrected chi connectivity index (χ4v) is 3.95. The van der Waals surface area contributed by atoms with Gasteiger partial charge in [-0.25, -0.2) is 18.4 Å². The van der Waals surface area contributed by atoms with Crippen molar-refractivity contribution in [2.75, 3.05) is 54.2 Å². The number of nitrogens with zero attached hydrogens (tertiary/aromatic N) is 1. The van der Waals surface area contributed by atoms with Crippen LogP contribution in [0.3, 0.4) is 0 Å². The summed E-state index contributed by atoms with van der Waals surface area (Å²) in [6.07, 6.45) is -5.20. The van der Waals surface area contributed by atoms with Crippen LogP contribution in [-0.2, 0) is 30.0 Å². The molecule has 0 saturated carbocycles. The molecule has 13 heteroatoms. The van der Waals surface area contributed by atoms with Crippen LogP contribution in [0.5, 0.6) is 0 Å². The van der Waals surface area contributed by atoms with E-state index in [9.17, 15) is 27.2 Å². The number of methoxy groups -OCH3 is 1. The Balaban J connectivity index is 2.91. The average molecular weight is 541 g/mol. The summed E-state index contributed by atoms with van der Waals surface area (Å²) in [7, 11) is 4.46. The molecule has 1 aliphatic rings. The highest BCUT2D eigenvalue weighted by atomic mass is 35.5. The van der Waals surface area contributed by atoms with Gasteiger partial charge in [0.25, 0.3) is 0 Å². The van der Waals surface area contributed by atoms with Crippen molar-refractivity contribution in [1.29, 1.82) is 0 Å². The molecule has 1 unspecified atom stereocenters. The van der Waals surface area contributed by atoms with Crippen LogP contribution < -0.4 is 5.32 Å². The SMILES string of the molecule is CCOC(=O)C1=C(COCCN(C)C)NC(CF)=C(C(=O)OC)C1c1c(F)ccc(Cl)c1C(F)(F)F. The lowest BCUT2D eigenvalue weighted by Gasteiger charge is -2.33. The molecule has 7 nitrogen and oxygen atoms in total. The molecule has 0 aromatic heterocycles. The van der Waals surface area contributed by atoms with Gasteiger partial charge in [-0.1, -0.05) is 11.6 Å². The summed E-state index contributed by atoms with van der Waals surface area (Å²) in [5.74, 6) is -5.92. The van der Waals surface area contributed by atoms with Gasteiger partial charge in [-0.15, -0.1) is 0 Å². The molecule has 0 aliphatic carbocycles. The Kier molecular flexibility index (Phi) is 10.3. The van der Waals surface area contributed by atoms with Crippen LogP contribution in [0.15, 0.2) is 34.7 Å². The van der Waals surface area contributed by atoms with E-state index in [0.29, 0.717) is 18.7 Å². The number of benzene rings is 1. The van der Waals surface area contributed by atoms with Crippen molar-refractivity contribution >= 4 is 23.5 Å². The van der Waals surface area contributed by atoms with E-state index >= 15 is 4.39 Å². The first-order valence-electron chi connectivity index (χ1n) is 10.7. The van der Waals surface area contributed by atoms with Crippen molar-refractivity contribution in [2.45, 2.75) is 19.0 Å². The number of halogens is 6. The molecule has 0 amide bonds. The summed E-state index contributed by atoms with van der Waals surface area (Å²) >= 11 is 5.82. The van der Waals surface area contributed by atoms with Crippen LogP contribution in [0.25, 0.3) is 0 Å². The molecule has 36 heavy (non-hydrogen) atoms. The lowest BCUT2D eigenvalue weighted by Crippen LogP contribution is -2.37. The lowest BCUT2D eigenvalue weighted by atomic mass is 9.78. The van der Waals surface area contributed by atoms with E-state index in [-0.39, 0.29) is 18.9 Å². The van der Waals surface area contributed by atoms with E-state index in [2.05, 4.69) is 10.1 Å². The maximum atomic E-state index is 15.2. The molecular weight excluding hydrogens is 515 g/mol. The predicted octanol–water partition coefficient (Wildman–Crippen LogP) is 3.98. The predicted molar refractivity (Wildman–Crippen MR) is 120 cm³/mol. The first-order valence-corrected chi connectivity index (χ1v) is 11.1. The second-order valence-corrected chi connectivity index (χ2v) is 8.27. The Bertz CT molecular complexity index is 1060. The first kappa shape index (κ1) is 29.5.